The first-order valence-corrected chi connectivity index (χ1v) is 6.61. The van der Waals surface area contributed by atoms with Gasteiger partial charge in [0.15, 0.2) is 0 Å². The van der Waals surface area contributed by atoms with Crippen molar-refractivity contribution in [3.05, 3.63) is 42.0 Å². The lowest BCUT2D eigenvalue weighted by Gasteiger charge is -2.20. The number of carbonyl (C=O) groups is 1. The molecule has 0 spiro atoms. The Hall–Kier alpha value is -1.32. The Kier molecular flexibility index (Phi) is 4.61. The summed E-state index contributed by atoms with van der Waals surface area (Å²) >= 11 is 0. The van der Waals surface area contributed by atoms with E-state index in [1.54, 1.807) is 6.08 Å². The zero-order valence-electron chi connectivity index (χ0n) is 10.7. The average Bonchev–Trinajstić information content (AvgIpc) is 3.00. The fourth-order valence-electron chi connectivity index (χ4n) is 2.95. The van der Waals surface area contributed by atoms with Gasteiger partial charge in [-0.1, -0.05) is 30.3 Å². The number of amides is 1. The molecule has 0 saturated carbocycles. The Morgan fingerprint density at radius 2 is 2.05 bits per heavy atom. The molecule has 4 heteroatoms. The molecule has 2 heterocycles. The maximum atomic E-state index is 11.8. The summed E-state index contributed by atoms with van der Waals surface area (Å²) < 4.78 is 0. The monoisotopic (exact) mass is 278 g/mol. The van der Waals surface area contributed by atoms with Gasteiger partial charge in [0, 0.05) is 24.2 Å². The lowest BCUT2D eigenvalue weighted by atomic mass is 9.95. The van der Waals surface area contributed by atoms with Crippen LogP contribution in [0.2, 0.25) is 0 Å². The molecule has 1 aromatic carbocycles. The standard InChI is InChI=1S/C15H18N2O.ClH/c18-15(9-6-11-4-2-1-3-5-11)17-14-10-12-7-8-13(14)16-12;/h1-6,9,12-14,16H,7-8,10H2,(H,17,18);1H/t12-,13+,14+;/m1./s1. The van der Waals surface area contributed by atoms with Crippen molar-refractivity contribution < 1.29 is 4.79 Å². The summed E-state index contributed by atoms with van der Waals surface area (Å²) in [5.41, 5.74) is 1.05. The van der Waals surface area contributed by atoms with Crippen LogP contribution in [-0.2, 0) is 4.79 Å². The molecule has 2 N–H and O–H groups in total. The van der Waals surface area contributed by atoms with E-state index in [0.717, 1.165) is 12.0 Å². The van der Waals surface area contributed by atoms with E-state index in [0.29, 0.717) is 18.1 Å². The molecule has 102 valence electrons. The van der Waals surface area contributed by atoms with Crippen LogP contribution in [0.5, 0.6) is 0 Å². The SMILES string of the molecule is Cl.O=C(C=Cc1ccccc1)N[C@H]1C[C@H]2CC[C@@H]1N2. The highest BCUT2D eigenvalue weighted by Crippen LogP contribution is 2.28. The van der Waals surface area contributed by atoms with Crippen LogP contribution in [-0.4, -0.2) is 24.0 Å². The molecule has 2 bridgehead atoms. The first-order valence-electron chi connectivity index (χ1n) is 6.61. The number of hydrogen-bond donors (Lipinski definition) is 2. The Balaban J connectivity index is 0.00000133. The van der Waals surface area contributed by atoms with Crippen LogP contribution >= 0.6 is 12.4 Å². The number of halogens is 1. The smallest absolute Gasteiger partial charge is 0.244 e. The van der Waals surface area contributed by atoms with Gasteiger partial charge in [-0.3, -0.25) is 4.79 Å². The van der Waals surface area contributed by atoms with Gasteiger partial charge in [0.2, 0.25) is 5.91 Å². The first-order chi connectivity index (χ1) is 8.81. The van der Waals surface area contributed by atoms with Crippen LogP contribution in [0.1, 0.15) is 24.8 Å². The third kappa shape index (κ3) is 3.37. The van der Waals surface area contributed by atoms with Crippen LogP contribution in [0, 0.1) is 0 Å². The van der Waals surface area contributed by atoms with Crippen LogP contribution < -0.4 is 10.6 Å². The third-order valence-electron chi connectivity index (χ3n) is 3.85. The van der Waals surface area contributed by atoms with E-state index in [1.165, 1.54) is 12.8 Å². The zero-order valence-corrected chi connectivity index (χ0v) is 11.5. The second-order valence-corrected chi connectivity index (χ2v) is 5.14. The van der Waals surface area contributed by atoms with Gasteiger partial charge in [-0.25, -0.2) is 0 Å². The van der Waals surface area contributed by atoms with Crippen molar-refractivity contribution in [3.8, 4) is 0 Å². The molecule has 0 aromatic heterocycles. The highest BCUT2D eigenvalue weighted by Gasteiger charge is 2.39. The number of fused-ring (bicyclic) bond motifs is 2. The number of carbonyl (C=O) groups excluding carboxylic acids is 1. The highest BCUT2D eigenvalue weighted by molar-refractivity contribution is 5.92. The zero-order chi connectivity index (χ0) is 12.4. The van der Waals surface area contributed by atoms with E-state index >= 15 is 0 Å². The summed E-state index contributed by atoms with van der Waals surface area (Å²) in [5, 5.41) is 6.61. The van der Waals surface area contributed by atoms with Gasteiger partial charge in [0.05, 0.1) is 0 Å². The normalized spacial score (nSPS) is 28.3. The van der Waals surface area contributed by atoms with E-state index in [-0.39, 0.29) is 18.3 Å². The van der Waals surface area contributed by atoms with Crippen molar-refractivity contribution in [1.29, 1.82) is 0 Å². The van der Waals surface area contributed by atoms with Crippen molar-refractivity contribution in [2.75, 3.05) is 0 Å². The maximum absolute atomic E-state index is 11.8. The largest absolute Gasteiger partial charge is 0.348 e. The molecule has 19 heavy (non-hydrogen) atoms. The number of hydrogen-bond acceptors (Lipinski definition) is 2. The molecule has 0 aliphatic carbocycles. The first kappa shape index (κ1) is 14.1. The van der Waals surface area contributed by atoms with Crippen molar-refractivity contribution in [2.45, 2.75) is 37.4 Å². The van der Waals surface area contributed by atoms with Gasteiger partial charge < -0.3 is 10.6 Å². The Bertz CT molecular complexity index is 460. The summed E-state index contributed by atoms with van der Waals surface area (Å²) in [5.74, 6) is 0.0122. The summed E-state index contributed by atoms with van der Waals surface area (Å²) in [4.78, 5) is 11.8. The topological polar surface area (TPSA) is 41.1 Å². The molecule has 2 saturated heterocycles. The van der Waals surface area contributed by atoms with E-state index in [4.69, 9.17) is 0 Å². The molecule has 3 nitrogen and oxygen atoms in total. The molecule has 3 atom stereocenters. The minimum Gasteiger partial charge on any atom is -0.348 e. The third-order valence-corrected chi connectivity index (χ3v) is 3.85. The highest BCUT2D eigenvalue weighted by atomic mass is 35.5. The predicted molar refractivity (Wildman–Crippen MR) is 79.2 cm³/mol. The molecule has 2 fully saturated rings. The molecule has 1 amide bonds. The maximum Gasteiger partial charge on any atom is 0.244 e. The molecule has 0 radical (unpaired) electrons. The van der Waals surface area contributed by atoms with Gasteiger partial charge in [-0.15, -0.1) is 12.4 Å². The number of benzene rings is 1. The second-order valence-electron chi connectivity index (χ2n) is 5.14. The summed E-state index contributed by atoms with van der Waals surface area (Å²) in [7, 11) is 0. The molecular formula is C15H19ClN2O. The summed E-state index contributed by atoms with van der Waals surface area (Å²) in [6, 6.07) is 11.3. The van der Waals surface area contributed by atoms with Crippen LogP contribution in [0.25, 0.3) is 6.08 Å². The fraction of sp³-hybridized carbons (Fsp3) is 0.400. The van der Waals surface area contributed by atoms with E-state index in [9.17, 15) is 4.79 Å². The van der Waals surface area contributed by atoms with E-state index in [2.05, 4.69) is 10.6 Å². The summed E-state index contributed by atoms with van der Waals surface area (Å²) in [6.07, 6.45) is 7.02. The van der Waals surface area contributed by atoms with Gasteiger partial charge in [-0.2, -0.15) is 0 Å². The van der Waals surface area contributed by atoms with Crippen LogP contribution in [0.4, 0.5) is 0 Å². The Labute approximate surface area is 119 Å². The average molecular weight is 279 g/mol. The van der Waals surface area contributed by atoms with Crippen molar-refractivity contribution >= 4 is 24.4 Å². The van der Waals surface area contributed by atoms with Crippen LogP contribution in [0.15, 0.2) is 36.4 Å². The molecule has 0 unspecified atom stereocenters. The molecule has 2 aliphatic heterocycles. The fourth-order valence-corrected chi connectivity index (χ4v) is 2.95. The van der Waals surface area contributed by atoms with Crippen molar-refractivity contribution in [3.63, 3.8) is 0 Å². The minimum absolute atomic E-state index is 0. The Morgan fingerprint density at radius 1 is 1.26 bits per heavy atom. The van der Waals surface area contributed by atoms with E-state index in [1.807, 2.05) is 36.4 Å². The van der Waals surface area contributed by atoms with Crippen LogP contribution in [0.3, 0.4) is 0 Å². The molecule has 1 aromatic rings. The van der Waals surface area contributed by atoms with Gasteiger partial charge in [0.1, 0.15) is 0 Å². The predicted octanol–water partition coefficient (Wildman–Crippen LogP) is 2.13. The molecule has 3 rings (SSSR count). The quantitative estimate of drug-likeness (QED) is 0.832. The number of nitrogens with one attached hydrogen (secondary N) is 2. The number of rotatable bonds is 3. The molecular weight excluding hydrogens is 260 g/mol. The lowest BCUT2D eigenvalue weighted by Crippen LogP contribution is -2.42. The molecule has 2 aliphatic rings. The van der Waals surface area contributed by atoms with Gasteiger partial charge in [0.25, 0.3) is 0 Å². The van der Waals surface area contributed by atoms with Crippen molar-refractivity contribution in [1.82, 2.24) is 10.6 Å². The lowest BCUT2D eigenvalue weighted by molar-refractivity contribution is -0.117. The van der Waals surface area contributed by atoms with Crippen molar-refractivity contribution in [2.24, 2.45) is 0 Å². The van der Waals surface area contributed by atoms with E-state index < -0.39 is 0 Å². The van der Waals surface area contributed by atoms with Gasteiger partial charge >= 0.3 is 0 Å². The Morgan fingerprint density at radius 3 is 2.68 bits per heavy atom. The minimum atomic E-state index is 0. The second kappa shape index (κ2) is 6.22. The van der Waals surface area contributed by atoms with Gasteiger partial charge in [-0.05, 0) is 30.9 Å². The summed E-state index contributed by atoms with van der Waals surface area (Å²) in [6.45, 7) is 0.